The maximum Gasteiger partial charge on any atom is 0.306 e. The third-order valence-corrected chi connectivity index (χ3v) is 5.02. The van der Waals surface area contributed by atoms with E-state index in [-0.39, 0.29) is 0 Å². The Bertz CT molecular complexity index is 3340. The molecule has 9 nitrogen and oxygen atoms in total. The highest BCUT2D eigenvalue weighted by Crippen LogP contribution is 2.37. The van der Waals surface area contributed by atoms with Gasteiger partial charge in [0.1, 0.15) is 14.2 Å². The molecule has 0 radical (unpaired) electrons. The van der Waals surface area contributed by atoms with Gasteiger partial charge in [-0.25, -0.2) is 0 Å². The minimum Gasteiger partial charge on any atom is -0.778 e. The summed E-state index contributed by atoms with van der Waals surface area (Å²) in [6, 6.07) is 0. The van der Waals surface area contributed by atoms with Crippen LogP contribution in [-0.2, 0) is 28.2 Å². The van der Waals surface area contributed by atoms with Gasteiger partial charge >= 0.3 is 11.9 Å². The zero-order chi connectivity index (χ0) is 90.8. The van der Waals surface area contributed by atoms with E-state index in [9.17, 15) is 29.3 Å². The summed E-state index contributed by atoms with van der Waals surface area (Å²) >= 11 is 0. The number of aliphatic hydroxyl groups is 2. The molecule has 0 aliphatic rings. The van der Waals surface area contributed by atoms with Gasteiger partial charge in [-0.05, 0) is 12.7 Å². The summed E-state index contributed by atoms with van der Waals surface area (Å²) in [5.41, 5.74) is 0. The molecular formula is C38H74O9P-. The molecule has 0 aromatic heterocycles. The van der Waals surface area contributed by atoms with Crippen molar-refractivity contribution in [2.24, 2.45) is 0 Å². The largest absolute Gasteiger partial charge is 0.778 e. The van der Waals surface area contributed by atoms with Gasteiger partial charge in [-0.2, -0.15) is 0 Å². The molecule has 0 heterocycles. The summed E-state index contributed by atoms with van der Waals surface area (Å²) in [7, 11) is -5.84. The highest BCUT2D eigenvalue weighted by molar-refractivity contribution is 7.51. The summed E-state index contributed by atoms with van der Waals surface area (Å²) in [5.74, 6) is -6.28. The van der Waals surface area contributed by atoms with Crippen LogP contribution in [0.3, 0.4) is 0 Å². The van der Waals surface area contributed by atoms with E-state index in [1.165, 1.54) is 0 Å². The molecule has 0 saturated heterocycles. The van der Waals surface area contributed by atoms with Gasteiger partial charge in [-0.3, -0.25) is 9.59 Å². The molecule has 48 heavy (non-hydrogen) atoms. The predicted molar refractivity (Wildman–Crippen MR) is 193 cm³/mol. The Morgan fingerprint density at radius 1 is 0.646 bits per heavy atom. The summed E-state index contributed by atoms with van der Waals surface area (Å²) in [5, 5.41) is 18.9. The van der Waals surface area contributed by atoms with Crippen molar-refractivity contribution in [2.75, 3.05) is 26.0 Å². The maximum atomic E-state index is 13.9. The number of carbonyl (C=O) groups is 2. The molecule has 0 aromatic carbocycles. The molecule has 0 fully saturated rings. The number of ether oxygens (including phenoxy) is 2. The molecule has 0 amide bonds. The molecule has 0 bridgehead atoms. The Hall–Kier alpha value is -0.990. The van der Waals surface area contributed by atoms with Crippen molar-refractivity contribution in [1.82, 2.24) is 0 Å². The summed E-state index contributed by atoms with van der Waals surface area (Å²) < 4.78 is 534. The van der Waals surface area contributed by atoms with Crippen LogP contribution in [0.5, 0.6) is 0 Å². The second kappa shape index (κ2) is 34.5. The lowest BCUT2D eigenvalue weighted by molar-refractivity contribution is -0.203. The van der Waals surface area contributed by atoms with E-state index in [0.717, 1.165) is 0 Å². The van der Waals surface area contributed by atoms with E-state index in [1.54, 1.807) is 0 Å². The van der Waals surface area contributed by atoms with E-state index in [2.05, 4.69) is 14.0 Å². The Morgan fingerprint density at radius 3 is 1.42 bits per heavy atom. The molecule has 10 heteroatoms. The highest BCUT2D eigenvalue weighted by Gasteiger charge is 2.22. The monoisotopic (exact) mass is 768 g/mol. The molecule has 2 N–H and O–H groups in total. The normalized spacial score (nSPS) is 42.1. The Morgan fingerprint density at radius 2 is 1.02 bits per heavy atom. The fourth-order valence-corrected chi connectivity index (χ4v) is 3.05. The minimum atomic E-state index is -5.84. The first-order valence-electron chi connectivity index (χ1n) is 43.2. The van der Waals surface area contributed by atoms with Crippen LogP contribution in [-0.4, -0.2) is 60.3 Å². The van der Waals surface area contributed by atoms with Crippen LogP contribution < -0.4 is 4.89 Å². The van der Waals surface area contributed by atoms with Crippen LogP contribution in [0.2, 0.25) is 0 Å². The number of rotatable bonds is 37. The summed E-state index contributed by atoms with van der Waals surface area (Å²) in [6.07, 6.45) is -156. The van der Waals surface area contributed by atoms with Gasteiger partial charge in [-0.1, -0.05) is 167 Å². The first-order chi connectivity index (χ1) is 46.6. The van der Waals surface area contributed by atoms with Crippen LogP contribution in [0.1, 0.15) is 277 Å². The number of esters is 2. The molecule has 0 spiro atoms. The van der Waals surface area contributed by atoms with Crippen molar-refractivity contribution in [3.05, 3.63) is 0 Å². The van der Waals surface area contributed by atoms with Gasteiger partial charge in [0.05, 0.1) is 19.3 Å². The summed E-state index contributed by atoms with van der Waals surface area (Å²) in [6.45, 7) is -14.5. The van der Waals surface area contributed by atoms with Crippen LogP contribution >= 0.6 is 7.60 Å². The zero-order valence-corrected chi connectivity index (χ0v) is 25.1. The Kier molecular flexibility index (Phi) is 6.12. The predicted octanol–water partition coefficient (Wildman–Crippen LogP) is 9.33. The highest BCUT2D eigenvalue weighted by atomic mass is 31.2. The van der Waals surface area contributed by atoms with Crippen molar-refractivity contribution >= 4 is 19.5 Å². The Balaban J connectivity index is 8.19. The second-order valence-electron chi connectivity index (χ2n) is 7.05. The summed E-state index contributed by atoms with van der Waals surface area (Å²) in [4.78, 5) is 40.3. The third-order valence-electron chi connectivity index (χ3n) is 3.61. The van der Waals surface area contributed by atoms with E-state index in [4.69, 9.17) is 85.0 Å². The van der Waals surface area contributed by atoms with E-state index >= 15 is 0 Å². The van der Waals surface area contributed by atoms with Crippen molar-refractivity contribution in [2.45, 2.75) is 204 Å². The van der Waals surface area contributed by atoms with Gasteiger partial charge in [0.15, 0.2) is 6.10 Å². The molecular weight excluding hydrogens is 631 g/mol. The van der Waals surface area contributed by atoms with Gasteiger partial charge in [0.2, 0.25) is 0 Å². The molecule has 3 atom stereocenters. The van der Waals surface area contributed by atoms with Crippen molar-refractivity contribution in [3.8, 4) is 0 Å². The number of hydrogen-bond donors (Lipinski definition) is 2. The molecule has 0 saturated carbocycles. The van der Waals surface area contributed by atoms with Crippen LogP contribution in [0.15, 0.2) is 0 Å². The molecule has 0 aromatic rings. The van der Waals surface area contributed by atoms with Crippen LogP contribution in [0.25, 0.3) is 0 Å². The lowest BCUT2D eigenvalue weighted by atomic mass is 10.0. The second-order valence-corrected chi connectivity index (χ2v) is 8.90. The molecule has 0 aliphatic heterocycles. The number of carbonyl (C=O) groups excluding carboxylic acids is 2. The topological polar surface area (TPSA) is 142 Å². The smallest absolute Gasteiger partial charge is 0.306 e. The average Bonchev–Trinajstić information content (AvgIpc) is 0.681. The molecule has 286 valence electrons. The van der Waals surface area contributed by atoms with Gasteiger partial charge < -0.3 is 33.7 Å². The van der Waals surface area contributed by atoms with Gasteiger partial charge in [0, 0.05) is 104 Å². The fraction of sp³-hybridized carbons (Fsp3) is 0.947. The van der Waals surface area contributed by atoms with Gasteiger partial charge in [-0.15, -0.1) is 0 Å². The van der Waals surface area contributed by atoms with Crippen molar-refractivity contribution in [1.29, 1.82) is 0 Å². The lowest BCUT2D eigenvalue weighted by Crippen LogP contribution is -2.31. The van der Waals surface area contributed by atoms with Crippen LogP contribution in [0, 0.1) is 0 Å². The quantitative estimate of drug-likeness (QED) is 0.0467. The van der Waals surface area contributed by atoms with E-state index in [1.807, 2.05) is 0 Å². The van der Waals surface area contributed by atoms with Crippen molar-refractivity contribution in [3.63, 3.8) is 0 Å². The lowest BCUT2D eigenvalue weighted by Gasteiger charge is -2.27. The third kappa shape index (κ3) is 33.5. The number of aliphatic hydroxyl groups excluding tert-OH is 2. The standard InChI is InChI=1S/C38H75O9P/c1-3-5-7-9-11-13-15-17-19-21-23-25-27-29-37(41)45-32-36(33-46-48(43,44)34-35(40)31-39)47-38(42)30-28-26-24-22-20-18-16-14-12-10-8-6-4-2/h35-36,39-40H,3-34H2,1-2H3,(H,43,44)/p-1/t35-,36-/m1/s1/i1D3,2D3,3D2,4D2,5D2,6D2,7D2,8D2,9D2,10D2,11D2,12D2,13D2,14D2,15D2,16D2,17D2,18D2,19D2,20D2,21D2,22D2,23D2,24D2,25D2,26D2,27D2,28D2,29D2,30D2. The number of hydrogen-bond acceptors (Lipinski definition) is 9. The maximum absolute atomic E-state index is 13.9. The molecule has 0 rings (SSSR count). The SMILES string of the molecule is [2H]C([2H])([2H])C([2H])([2H])C([2H])([2H])C([2H])([2H])C([2H])([2H])C([2H])([2H])C([2H])([2H])C([2H])([2H])C([2H])([2H])C([2H])([2H])C([2H])([2H])C([2H])([2H])C([2H])([2H])C([2H])([2H])C([2H])([2H])C(=O)OC[C@H](COP(=O)([O-])C[C@H](O)CO)OC(=O)C([2H])([2H])C([2H])([2H])C([2H])([2H])C([2H])([2H])C([2H])([2H])C([2H])([2H])C([2H])([2H])C([2H])([2H])C([2H])([2H])C([2H])([2H])C([2H])([2H])C([2H])([2H])C([2H])([2H])C([2H])([2H])C([2H])([2H])[2H]. The van der Waals surface area contributed by atoms with Crippen molar-refractivity contribution < 1.29 is 128 Å². The minimum absolute atomic E-state index is 1.43. The van der Waals surface area contributed by atoms with E-state index in [0.29, 0.717) is 0 Å². The molecule has 0 aliphatic carbocycles. The van der Waals surface area contributed by atoms with E-state index < -0.39 is 250 Å². The van der Waals surface area contributed by atoms with Crippen LogP contribution in [0.4, 0.5) is 0 Å². The fourth-order valence-electron chi connectivity index (χ4n) is 1.92. The first kappa shape index (κ1) is 8.53. The molecule has 1 unspecified atom stereocenters. The van der Waals surface area contributed by atoms with Gasteiger partial charge in [0.25, 0.3) is 0 Å². The Labute approximate surface area is 381 Å². The zero-order valence-electron chi connectivity index (χ0n) is 86.2. The average molecular weight is 768 g/mol. The first-order valence-corrected chi connectivity index (χ1v) is 13.9.